The number of piperidine rings is 1. The number of nitrogen functional groups attached to an aromatic ring is 1. The standard InChI is InChI=1S/C40H58N9O19P3S3/c1-40(2,19-65-71(62,63)68-70(60,61)64-18-25-31(67-69(57,58)59)30(51)38(66-25)48-21-46-29-33(41)44-20-45-34(29)48)32(52)36(54)43-13-11-27(50)42-14-16-74-39(56)24-9-6-10-28-49(24)37(55)23(12-15-73-28)47-35(53)26(72)17-22-7-4-3-5-8-22/h3-5,7-8,20-21,23-26,28,30-32,38,51-52,72H,6,9-19H2,1-2H3,(H,42,50)(H,43,54)(H,47,53)(H,60,61)(H,62,63)(H2,41,44,45)(H2,57,58,59)/t23?,24-,25?,26-,28-,30?,31?,32?,38?/m0/s1. The maximum Gasteiger partial charge on any atom is 0.481 e. The Hall–Kier alpha value is -3.58. The molecule has 0 saturated carbocycles. The minimum absolute atomic E-state index is 0.0176. The number of imidazole rings is 1. The summed E-state index contributed by atoms with van der Waals surface area (Å²) in [5.74, 6) is -1.50. The molecule has 6 rings (SSSR count). The molecule has 0 bridgehead atoms. The van der Waals surface area contributed by atoms with Gasteiger partial charge in [-0.05, 0) is 43.4 Å². The lowest BCUT2D eigenvalue weighted by Crippen LogP contribution is -2.57. The van der Waals surface area contributed by atoms with Gasteiger partial charge in [0.05, 0.1) is 30.2 Å². The number of phosphoric ester groups is 3. The van der Waals surface area contributed by atoms with Crippen LogP contribution in [0.1, 0.15) is 57.7 Å². The highest BCUT2D eigenvalue weighted by Gasteiger charge is 2.51. The maximum absolute atomic E-state index is 13.9. The number of hydrogen-bond donors (Lipinski definition) is 11. The molecule has 3 saturated heterocycles. The van der Waals surface area contributed by atoms with Gasteiger partial charge in [0.1, 0.15) is 48.3 Å². The number of ether oxygens (including phenoxy) is 1. The molecule has 8 unspecified atom stereocenters. The van der Waals surface area contributed by atoms with Crippen molar-refractivity contribution < 1.29 is 90.1 Å². The zero-order valence-corrected chi connectivity index (χ0v) is 44.8. The molecular weight excluding hydrogens is 1100 g/mol. The van der Waals surface area contributed by atoms with Crippen LogP contribution >= 0.6 is 59.6 Å². The Labute approximate surface area is 437 Å². The normalized spacial score (nSPS) is 25.0. The maximum atomic E-state index is 13.9. The van der Waals surface area contributed by atoms with Gasteiger partial charge < -0.3 is 61.1 Å². The Morgan fingerprint density at radius 2 is 1.72 bits per heavy atom. The van der Waals surface area contributed by atoms with E-state index in [0.29, 0.717) is 31.4 Å². The summed E-state index contributed by atoms with van der Waals surface area (Å²) in [6.45, 7) is 0.188. The van der Waals surface area contributed by atoms with Crippen LogP contribution in [0.4, 0.5) is 5.82 Å². The summed E-state index contributed by atoms with van der Waals surface area (Å²) >= 11 is 7.01. The van der Waals surface area contributed by atoms with E-state index in [-0.39, 0.29) is 64.5 Å². The second-order valence-electron chi connectivity index (χ2n) is 17.8. The highest BCUT2D eigenvalue weighted by atomic mass is 32.2. The number of thiol groups is 1. The molecule has 11 atom stereocenters. The molecule has 3 aliphatic rings. The summed E-state index contributed by atoms with van der Waals surface area (Å²) in [6.07, 6.45) is -4.50. The summed E-state index contributed by atoms with van der Waals surface area (Å²) in [6, 6.07) is 7.84. The molecule has 410 valence electrons. The first kappa shape index (κ1) is 59.7. The van der Waals surface area contributed by atoms with Crippen molar-refractivity contribution in [1.29, 1.82) is 0 Å². The third kappa shape index (κ3) is 16.2. The number of amides is 4. The van der Waals surface area contributed by atoms with E-state index < -0.39 is 102 Å². The number of rotatable bonds is 24. The lowest BCUT2D eigenvalue weighted by molar-refractivity contribution is -0.142. The molecule has 34 heteroatoms. The fourth-order valence-electron chi connectivity index (χ4n) is 7.99. The largest absolute Gasteiger partial charge is 0.481 e. The van der Waals surface area contributed by atoms with E-state index in [1.165, 1.54) is 13.8 Å². The van der Waals surface area contributed by atoms with Gasteiger partial charge in [0.15, 0.2) is 17.7 Å². The summed E-state index contributed by atoms with van der Waals surface area (Å²) < 4.78 is 62.7. The quantitative estimate of drug-likeness (QED) is 0.0331. The smallest absolute Gasteiger partial charge is 0.386 e. The summed E-state index contributed by atoms with van der Waals surface area (Å²) in [4.78, 5) is 119. The molecule has 3 aromatic rings. The number of carbonyl (C=O) groups is 5. The highest BCUT2D eigenvalue weighted by molar-refractivity contribution is 8.13. The highest BCUT2D eigenvalue weighted by Crippen LogP contribution is 2.61. The van der Waals surface area contributed by atoms with Crippen LogP contribution in [0, 0.1) is 5.41 Å². The zero-order valence-electron chi connectivity index (χ0n) is 39.6. The van der Waals surface area contributed by atoms with E-state index in [0.717, 1.165) is 41.0 Å². The van der Waals surface area contributed by atoms with Crippen molar-refractivity contribution >= 4 is 105 Å². The predicted molar refractivity (Wildman–Crippen MR) is 267 cm³/mol. The lowest BCUT2D eigenvalue weighted by atomic mass is 9.87. The summed E-state index contributed by atoms with van der Waals surface area (Å²) in [5.41, 5.74) is 5.13. The van der Waals surface area contributed by atoms with E-state index >= 15 is 0 Å². The third-order valence-corrected chi connectivity index (χ3v) is 17.6. The Balaban J connectivity index is 0.900. The molecule has 11 N–H and O–H groups in total. The van der Waals surface area contributed by atoms with Crippen LogP contribution in [-0.2, 0) is 66.7 Å². The molecule has 74 heavy (non-hydrogen) atoms. The number of anilines is 1. The van der Waals surface area contributed by atoms with Crippen molar-refractivity contribution in [3.8, 4) is 0 Å². The summed E-state index contributed by atoms with van der Waals surface area (Å²) in [5, 5.41) is 28.4. The average Bonchev–Trinajstić information content (AvgIpc) is 3.85. The molecular formula is C40H58N9O19P3S3. The van der Waals surface area contributed by atoms with Gasteiger partial charge in [0, 0.05) is 30.7 Å². The van der Waals surface area contributed by atoms with Crippen molar-refractivity contribution in [2.24, 2.45) is 5.41 Å². The number of carbonyl (C=O) groups excluding carboxylic acids is 5. The number of nitrogens with one attached hydrogen (secondary N) is 3. The molecule has 1 aromatic carbocycles. The Morgan fingerprint density at radius 1 is 1.00 bits per heavy atom. The van der Waals surface area contributed by atoms with Gasteiger partial charge in [-0.25, -0.2) is 28.6 Å². The minimum atomic E-state index is -5.62. The first-order valence-electron chi connectivity index (χ1n) is 22.8. The molecule has 3 fully saturated rings. The van der Waals surface area contributed by atoms with E-state index in [1.54, 1.807) is 16.7 Å². The second kappa shape index (κ2) is 25.7. The van der Waals surface area contributed by atoms with Crippen LogP contribution in [0.25, 0.3) is 11.2 Å². The Kier molecular flexibility index (Phi) is 20.7. The van der Waals surface area contributed by atoms with Gasteiger partial charge >= 0.3 is 23.5 Å². The van der Waals surface area contributed by atoms with E-state index in [4.69, 9.17) is 19.5 Å². The van der Waals surface area contributed by atoms with Crippen molar-refractivity contribution in [3.05, 3.63) is 48.5 Å². The predicted octanol–water partition coefficient (Wildman–Crippen LogP) is 0.535. The number of thioether (sulfide) groups is 2. The third-order valence-electron chi connectivity index (χ3n) is 11.8. The Morgan fingerprint density at radius 3 is 2.43 bits per heavy atom. The number of nitrogens with two attached hydrogens (primary N) is 1. The monoisotopic (exact) mass is 1160 g/mol. The SMILES string of the molecule is CC(C)(COP(=O)(O)OP(=O)(O)OCC1OC(n2cnc3c(N)ncnc32)C(O)C1OP(=O)(O)O)C(O)C(=O)NCCC(=O)NCCSC(=O)[C@@H]1CCC[C@@H]2SCCC(NC(=O)[C@@H](S)Cc3ccccc3)C(=O)N21. The van der Waals surface area contributed by atoms with Gasteiger partial charge in [-0.1, -0.05) is 55.9 Å². The van der Waals surface area contributed by atoms with Gasteiger partial charge in [-0.15, -0.1) is 11.8 Å². The lowest BCUT2D eigenvalue weighted by Gasteiger charge is -2.40. The molecule has 5 heterocycles. The van der Waals surface area contributed by atoms with E-state index in [2.05, 4.69) is 52.4 Å². The number of phosphoric acid groups is 3. The van der Waals surface area contributed by atoms with Crippen molar-refractivity contribution in [3.63, 3.8) is 0 Å². The van der Waals surface area contributed by atoms with Crippen molar-refractivity contribution in [1.82, 2.24) is 40.4 Å². The van der Waals surface area contributed by atoms with Crippen LogP contribution < -0.4 is 21.7 Å². The number of aliphatic hydroxyl groups excluding tert-OH is 2. The van der Waals surface area contributed by atoms with Crippen LogP contribution in [0.5, 0.6) is 0 Å². The van der Waals surface area contributed by atoms with Crippen LogP contribution in [0.15, 0.2) is 43.0 Å². The number of fused-ring (bicyclic) bond motifs is 2. The van der Waals surface area contributed by atoms with Crippen LogP contribution in [-0.4, -0.2) is 168 Å². The van der Waals surface area contributed by atoms with Gasteiger partial charge in [0.25, 0.3) is 0 Å². The number of hydrogen-bond acceptors (Lipinski definition) is 22. The molecule has 0 radical (unpaired) electrons. The van der Waals surface area contributed by atoms with Gasteiger partial charge in [0.2, 0.25) is 28.7 Å². The number of aromatic nitrogens is 4. The fraction of sp³-hybridized carbons (Fsp3) is 0.600. The van der Waals surface area contributed by atoms with Crippen LogP contribution in [0.3, 0.4) is 0 Å². The van der Waals surface area contributed by atoms with Gasteiger partial charge in [-0.2, -0.15) is 16.9 Å². The Bertz CT molecular complexity index is 2640. The average molecular weight is 1160 g/mol. The molecule has 0 spiro atoms. The fourth-order valence-corrected chi connectivity index (χ4v) is 13.3. The molecule has 0 aliphatic carbocycles. The first-order valence-corrected chi connectivity index (χ1v) is 29.8. The second-order valence-corrected chi connectivity index (χ2v) is 25.1. The topological polar surface area (TPSA) is 413 Å². The number of benzene rings is 1. The number of aliphatic hydroxyl groups is 2. The zero-order chi connectivity index (χ0) is 54.2. The summed E-state index contributed by atoms with van der Waals surface area (Å²) in [7, 11) is -16.5. The first-order chi connectivity index (χ1) is 34.8. The molecule has 3 aliphatic heterocycles. The van der Waals surface area contributed by atoms with Crippen molar-refractivity contribution in [2.75, 3.05) is 43.5 Å². The molecule has 4 amide bonds. The molecule has 28 nitrogen and oxygen atoms in total. The number of nitrogens with zero attached hydrogens (tertiary/aromatic N) is 5. The molecule has 2 aromatic heterocycles. The minimum Gasteiger partial charge on any atom is -0.386 e. The van der Waals surface area contributed by atoms with E-state index in [9.17, 15) is 67.5 Å². The van der Waals surface area contributed by atoms with Gasteiger partial charge in [-0.3, -0.25) is 42.1 Å². The van der Waals surface area contributed by atoms with E-state index in [1.807, 2.05) is 30.3 Å². The van der Waals surface area contributed by atoms with Crippen molar-refractivity contribution in [2.45, 2.75) is 106 Å². The van der Waals surface area contributed by atoms with Crippen LogP contribution in [0.2, 0.25) is 0 Å².